The first-order valence-corrected chi connectivity index (χ1v) is 12.5. The molecule has 6 heteroatoms. The second-order valence-corrected chi connectivity index (χ2v) is 9.84. The van der Waals surface area contributed by atoms with Crippen LogP contribution in [0.2, 0.25) is 0 Å². The van der Waals surface area contributed by atoms with Crippen LogP contribution in [0.15, 0.2) is 91.0 Å². The van der Waals surface area contributed by atoms with Crippen molar-refractivity contribution in [3.8, 4) is 0 Å². The third-order valence-electron chi connectivity index (χ3n) is 6.66. The molecule has 0 radical (unpaired) electrons. The van der Waals surface area contributed by atoms with Crippen molar-refractivity contribution in [1.82, 2.24) is 0 Å². The summed E-state index contributed by atoms with van der Waals surface area (Å²) in [5.74, 6) is -0.858. The Hall–Kier alpha value is -2.58. The molecule has 6 nitrogen and oxygen atoms in total. The fraction of sp³-hybridized carbons (Fsp3) is 0.400. The Morgan fingerprint density at radius 1 is 0.583 bits per heavy atom. The molecule has 5 rings (SSSR count). The standard InChI is InChI=1S/C30H34O6/c1-30(2)35-26-24(31)25(32-18-21-12-6-3-7-13-21)27(33-19-22-14-8-4-9-15-22)28(29(26)36-30)34-20-23-16-10-5-11-17-23/h3-17,24-29,31H,18-20H2,1-2H3/t24-,25-,26+,27+,28-,29+/m1/s1. The van der Waals surface area contributed by atoms with Gasteiger partial charge in [-0.05, 0) is 30.5 Å². The molecule has 0 bridgehead atoms. The van der Waals surface area contributed by atoms with E-state index < -0.39 is 42.4 Å². The highest BCUT2D eigenvalue weighted by Crippen LogP contribution is 2.41. The molecule has 190 valence electrons. The van der Waals surface area contributed by atoms with Crippen molar-refractivity contribution >= 4 is 0 Å². The highest BCUT2D eigenvalue weighted by Gasteiger charge is 2.59. The number of ether oxygens (including phenoxy) is 5. The minimum absolute atomic E-state index is 0.334. The molecule has 36 heavy (non-hydrogen) atoms. The summed E-state index contributed by atoms with van der Waals surface area (Å²) in [5.41, 5.74) is 3.09. The summed E-state index contributed by atoms with van der Waals surface area (Å²) in [6.07, 6.45) is -3.81. The fourth-order valence-electron chi connectivity index (χ4n) is 4.96. The predicted molar refractivity (Wildman–Crippen MR) is 135 cm³/mol. The van der Waals surface area contributed by atoms with E-state index in [0.717, 1.165) is 16.7 Å². The van der Waals surface area contributed by atoms with Gasteiger partial charge in [0.25, 0.3) is 0 Å². The molecule has 1 aliphatic carbocycles. The first-order valence-electron chi connectivity index (χ1n) is 12.5. The summed E-state index contributed by atoms with van der Waals surface area (Å²) in [6.45, 7) is 4.78. The predicted octanol–water partition coefficient (Wildman–Crippen LogP) is 4.64. The molecule has 1 N–H and O–H groups in total. The van der Waals surface area contributed by atoms with Crippen LogP contribution < -0.4 is 0 Å². The van der Waals surface area contributed by atoms with Gasteiger partial charge < -0.3 is 28.8 Å². The van der Waals surface area contributed by atoms with Crippen molar-refractivity contribution in [2.75, 3.05) is 0 Å². The van der Waals surface area contributed by atoms with Gasteiger partial charge in [-0.1, -0.05) is 91.0 Å². The van der Waals surface area contributed by atoms with Crippen molar-refractivity contribution in [2.24, 2.45) is 0 Å². The zero-order valence-corrected chi connectivity index (χ0v) is 20.7. The Balaban J connectivity index is 1.42. The highest BCUT2D eigenvalue weighted by molar-refractivity contribution is 5.16. The van der Waals surface area contributed by atoms with Crippen LogP contribution in [0.4, 0.5) is 0 Å². The van der Waals surface area contributed by atoms with E-state index in [0.29, 0.717) is 19.8 Å². The summed E-state index contributed by atoms with van der Waals surface area (Å²) in [5, 5.41) is 11.5. The van der Waals surface area contributed by atoms with Crippen molar-refractivity contribution in [1.29, 1.82) is 0 Å². The van der Waals surface area contributed by atoms with E-state index in [1.54, 1.807) is 0 Å². The number of aliphatic hydroxyl groups excluding tert-OH is 1. The Morgan fingerprint density at radius 2 is 0.972 bits per heavy atom. The lowest BCUT2D eigenvalue weighted by atomic mass is 9.84. The molecule has 2 fully saturated rings. The largest absolute Gasteiger partial charge is 0.387 e. The molecule has 1 saturated heterocycles. The zero-order valence-electron chi connectivity index (χ0n) is 20.7. The molecule has 1 saturated carbocycles. The molecule has 0 spiro atoms. The molecular weight excluding hydrogens is 456 g/mol. The normalized spacial score (nSPS) is 29.1. The van der Waals surface area contributed by atoms with Gasteiger partial charge in [-0.15, -0.1) is 0 Å². The number of hydrogen-bond donors (Lipinski definition) is 1. The minimum atomic E-state index is -0.946. The van der Waals surface area contributed by atoms with Crippen LogP contribution in [-0.4, -0.2) is 47.5 Å². The lowest BCUT2D eigenvalue weighted by Crippen LogP contribution is -2.64. The summed E-state index contributed by atoms with van der Waals surface area (Å²) in [4.78, 5) is 0. The van der Waals surface area contributed by atoms with Gasteiger partial charge in [0.05, 0.1) is 19.8 Å². The Labute approximate surface area is 212 Å². The number of benzene rings is 3. The summed E-state index contributed by atoms with van der Waals surface area (Å²) in [7, 11) is 0. The first-order chi connectivity index (χ1) is 17.5. The number of hydrogen-bond acceptors (Lipinski definition) is 6. The monoisotopic (exact) mass is 490 g/mol. The van der Waals surface area contributed by atoms with Crippen LogP contribution in [0.5, 0.6) is 0 Å². The Bertz CT molecular complexity index is 1070. The molecular formula is C30H34O6. The lowest BCUT2D eigenvalue weighted by molar-refractivity contribution is -0.241. The van der Waals surface area contributed by atoms with E-state index in [2.05, 4.69) is 0 Å². The molecule has 6 atom stereocenters. The van der Waals surface area contributed by atoms with E-state index in [4.69, 9.17) is 23.7 Å². The third kappa shape index (κ3) is 5.86. The van der Waals surface area contributed by atoms with Crippen LogP contribution in [0.25, 0.3) is 0 Å². The van der Waals surface area contributed by atoms with Crippen molar-refractivity contribution in [3.05, 3.63) is 108 Å². The molecule has 3 aromatic carbocycles. The number of aliphatic hydroxyl groups is 1. The smallest absolute Gasteiger partial charge is 0.164 e. The maximum absolute atomic E-state index is 11.5. The van der Waals surface area contributed by atoms with Crippen molar-refractivity contribution < 1.29 is 28.8 Å². The van der Waals surface area contributed by atoms with E-state index in [-0.39, 0.29) is 0 Å². The van der Waals surface area contributed by atoms with Crippen molar-refractivity contribution in [3.63, 3.8) is 0 Å². The van der Waals surface area contributed by atoms with E-state index in [1.807, 2.05) is 105 Å². The average molecular weight is 491 g/mol. The van der Waals surface area contributed by atoms with Gasteiger partial charge in [-0.3, -0.25) is 0 Å². The minimum Gasteiger partial charge on any atom is -0.387 e. The van der Waals surface area contributed by atoms with Gasteiger partial charge in [-0.2, -0.15) is 0 Å². The summed E-state index contributed by atoms with van der Waals surface area (Å²) < 4.78 is 31.7. The van der Waals surface area contributed by atoms with Crippen LogP contribution in [0.1, 0.15) is 30.5 Å². The Kier molecular flexibility index (Phi) is 7.82. The molecule has 3 aromatic rings. The number of rotatable bonds is 9. The highest BCUT2D eigenvalue weighted by atomic mass is 16.8. The van der Waals surface area contributed by atoms with E-state index in [1.165, 1.54) is 0 Å². The van der Waals surface area contributed by atoms with Crippen LogP contribution >= 0.6 is 0 Å². The quantitative estimate of drug-likeness (QED) is 0.472. The first kappa shape index (κ1) is 25.1. The molecule has 0 amide bonds. The topological polar surface area (TPSA) is 66.4 Å². The van der Waals surface area contributed by atoms with Gasteiger partial charge in [0.15, 0.2) is 5.79 Å². The fourth-order valence-corrected chi connectivity index (χ4v) is 4.96. The van der Waals surface area contributed by atoms with Crippen LogP contribution in [0.3, 0.4) is 0 Å². The maximum Gasteiger partial charge on any atom is 0.164 e. The van der Waals surface area contributed by atoms with Crippen LogP contribution in [0, 0.1) is 0 Å². The van der Waals surface area contributed by atoms with E-state index >= 15 is 0 Å². The maximum atomic E-state index is 11.5. The molecule has 1 aliphatic heterocycles. The van der Waals surface area contributed by atoms with Gasteiger partial charge in [-0.25, -0.2) is 0 Å². The zero-order chi connectivity index (χ0) is 25.0. The molecule has 0 unspecified atom stereocenters. The second-order valence-electron chi connectivity index (χ2n) is 9.84. The van der Waals surface area contributed by atoms with E-state index in [9.17, 15) is 5.11 Å². The van der Waals surface area contributed by atoms with Gasteiger partial charge >= 0.3 is 0 Å². The lowest BCUT2D eigenvalue weighted by Gasteiger charge is -2.45. The van der Waals surface area contributed by atoms with Gasteiger partial charge in [0.1, 0.15) is 36.6 Å². The van der Waals surface area contributed by atoms with Gasteiger partial charge in [0, 0.05) is 0 Å². The van der Waals surface area contributed by atoms with Gasteiger partial charge in [0.2, 0.25) is 0 Å². The summed E-state index contributed by atoms with van der Waals surface area (Å²) in [6, 6.07) is 29.9. The summed E-state index contributed by atoms with van der Waals surface area (Å²) >= 11 is 0. The number of fused-ring (bicyclic) bond motifs is 1. The molecule has 1 heterocycles. The second kappa shape index (κ2) is 11.2. The molecule has 0 aromatic heterocycles. The van der Waals surface area contributed by atoms with Crippen LogP contribution in [-0.2, 0) is 43.5 Å². The SMILES string of the molecule is CC1(C)O[C@@H]2[C@H](OCc3ccccc3)[C@@H](OCc3ccccc3)[C@H](OCc3ccccc3)[C@@H](O)[C@@H]2O1. The third-order valence-corrected chi connectivity index (χ3v) is 6.66. The molecule has 2 aliphatic rings. The van der Waals surface area contributed by atoms with Crippen molar-refractivity contribution in [2.45, 2.75) is 76.1 Å². The Morgan fingerprint density at radius 3 is 1.44 bits per heavy atom. The average Bonchev–Trinajstić information content (AvgIpc) is 3.23.